The maximum atomic E-state index is 13.5. The van der Waals surface area contributed by atoms with E-state index in [4.69, 9.17) is 4.74 Å². The number of sulfonamides is 1. The molecule has 1 amide bonds. The van der Waals surface area contributed by atoms with Crippen LogP contribution >= 0.6 is 11.3 Å². The fourth-order valence-corrected chi connectivity index (χ4v) is 3.77. The van der Waals surface area contributed by atoms with Crippen molar-refractivity contribution in [2.24, 2.45) is 0 Å². The van der Waals surface area contributed by atoms with Crippen LogP contribution in [-0.4, -0.2) is 32.9 Å². The monoisotopic (exact) mass is 404 g/mol. The summed E-state index contributed by atoms with van der Waals surface area (Å²) < 4.78 is 57.1. The average Bonchev–Trinajstić information content (AvgIpc) is 3.12. The van der Waals surface area contributed by atoms with Crippen molar-refractivity contribution < 1.29 is 31.5 Å². The number of amides is 1. The fraction of sp³-hybridized carbons (Fsp3) is 0.200. The van der Waals surface area contributed by atoms with Crippen LogP contribution in [0, 0.1) is 11.6 Å². The van der Waals surface area contributed by atoms with Crippen molar-refractivity contribution in [1.29, 1.82) is 0 Å². The van der Waals surface area contributed by atoms with Gasteiger partial charge >= 0.3 is 5.97 Å². The molecule has 0 saturated heterocycles. The smallest absolute Gasteiger partial charge is 0.321 e. The largest absolute Gasteiger partial charge is 0.452 e. The van der Waals surface area contributed by atoms with E-state index in [9.17, 15) is 26.8 Å². The van der Waals surface area contributed by atoms with Crippen LogP contribution in [0.1, 0.15) is 6.92 Å². The highest BCUT2D eigenvalue weighted by Crippen LogP contribution is 2.16. The molecule has 7 nitrogen and oxygen atoms in total. The lowest BCUT2D eigenvalue weighted by molar-refractivity contribution is -0.151. The van der Waals surface area contributed by atoms with Gasteiger partial charge in [0, 0.05) is 6.07 Å². The summed E-state index contributed by atoms with van der Waals surface area (Å²) >= 11 is 0.971. The summed E-state index contributed by atoms with van der Waals surface area (Å²) in [5.74, 6) is -3.52. The Kier molecular flexibility index (Phi) is 6.40. The van der Waals surface area contributed by atoms with Crippen LogP contribution < -0.4 is 10.0 Å². The number of nitrogens with one attached hydrogen (secondary N) is 2. The number of rotatable bonds is 7. The number of hydrogen-bond acceptors (Lipinski definition) is 6. The summed E-state index contributed by atoms with van der Waals surface area (Å²) in [5.41, 5.74) is -0.406. The fourth-order valence-electron chi connectivity index (χ4n) is 1.76. The first-order valence-electron chi connectivity index (χ1n) is 7.17. The van der Waals surface area contributed by atoms with Crippen molar-refractivity contribution in [1.82, 2.24) is 4.72 Å². The molecule has 1 unspecified atom stereocenters. The molecule has 2 aromatic rings. The molecule has 0 aliphatic heterocycles. The van der Waals surface area contributed by atoms with Crippen LogP contribution in [0.3, 0.4) is 0 Å². The van der Waals surface area contributed by atoms with Crippen LogP contribution in [0.2, 0.25) is 0 Å². The molecule has 0 aliphatic rings. The molecule has 0 spiro atoms. The van der Waals surface area contributed by atoms with E-state index in [1.165, 1.54) is 19.1 Å². The Bertz CT molecular complexity index is 901. The van der Waals surface area contributed by atoms with E-state index < -0.39 is 51.9 Å². The summed E-state index contributed by atoms with van der Waals surface area (Å²) in [7, 11) is -3.85. The van der Waals surface area contributed by atoms with Crippen LogP contribution in [0.5, 0.6) is 0 Å². The molecule has 0 bridgehead atoms. The molecule has 1 aromatic heterocycles. The van der Waals surface area contributed by atoms with Gasteiger partial charge in [-0.1, -0.05) is 6.07 Å². The summed E-state index contributed by atoms with van der Waals surface area (Å²) in [4.78, 5) is 23.6. The molecule has 1 heterocycles. The maximum Gasteiger partial charge on any atom is 0.321 e. The molecule has 0 radical (unpaired) electrons. The molecule has 2 rings (SSSR count). The van der Waals surface area contributed by atoms with Gasteiger partial charge in [0.25, 0.3) is 15.9 Å². The number of ether oxygens (including phenoxy) is 1. The molecule has 0 aliphatic carbocycles. The Morgan fingerprint density at radius 1 is 1.27 bits per heavy atom. The number of carbonyl (C=O) groups is 2. The Balaban J connectivity index is 1.88. The van der Waals surface area contributed by atoms with Crippen molar-refractivity contribution in [3.05, 3.63) is 47.3 Å². The zero-order valence-electron chi connectivity index (χ0n) is 13.4. The molecule has 1 aromatic carbocycles. The van der Waals surface area contributed by atoms with E-state index in [1.807, 2.05) is 4.72 Å². The summed E-state index contributed by atoms with van der Waals surface area (Å²) in [5, 5.41) is 3.64. The molecular weight excluding hydrogens is 390 g/mol. The number of carbonyl (C=O) groups excluding carboxylic acids is 2. The predicted octanol–water partition coefficient (Wildman–Crippen LogP) is 1.87. The van der Waals surface area contributed by atoms with Crippen LogP contribution in [0.15, 0.2) is 39.9 Å². The second-order valence-electron chi connectivity index (χ2n) is 5.00. The summed E-state index contributed by atoms with van der Waals surface area (Å²) in [6, 6.07) is 5.39. The highest BCUT2D eigenvalue weighted by atomic mass is 32.2. The van der Waals surface area contributed by atoms with Gasteiger partial charge in [0.2, 0.25) is 0 Å². The van der Waals surface area contributed by atoms with Crippen LogP contribution in [-0.2, 0) is 24.3 Å². The van der Waals surface area contributed by atoms with E-state index in [-0.39, 0.29) is 4.21 Å². The minimum absolute atomic E-state index is 0.0256. The lowest BCUT2D eigenvalue weighted by Crippen LogP contribution is -2.35. The summed E-state index contributed by atoms with van der Waals surface area (Å²) in [6.07, 6.45) is -1.35. The predicted molar refractivity (Wildman–Crippen MR) is 90.0 cm³/mol. The van der Waals surface area contributed by atoms with Gasteiger partial charge in [-0.15, -0.1) is 11.3 Å². The number of anilines is 1. The van der Waals surface area contributed by atoms with Crippen molar-refractivity contribution in [3.63, 3.8) is 0 Å². The van der Waals surface area contributed by atoms with Crippen molar-refractivity contribution in [3.8, 4) is 0 Å². The minimum Gasteiger partial charge on any atom is -0.452 e. The molecule has 140 valence electrons. The van der Waals surface area contributed by atoms with E-state index in [1.54, 1.807) is 5.38 Å². The molecule has 26 heavy (non-hydrogen) atoms. The lowest BCUT2D eigenvalue weighted by atomic mass is 10.2. The quantitative estimate of drug-likeness (QED) is 0.686. The number of esters is 1. The van der Waals surface area contributed by atoms with E-state index >= 15 is 0 Å². The second kappa shape index (κ2) is 8.34. The van der Waals surface area contributed by atoms with E-state index in [0.717, 1.165) is 29.5 Å². The molecule has 0 fully saturated rings. The van der Waals surface area contributed by atoms with Gasteiger partial charge in [0.15, 0.2) is 6.10 Å². The van der Waals surface area contributed by atoms with Gasteiger partial charge < -0.3 is 10.1 Å². The maximum absolute atomic E-state index is 13.5. The number of hydrogen-bond donors (Lipinski definition) is 2. The topological polar surface area (TPSA) is 102 Å². The van der Waals surface area contributed by atoms with Crippen LogP contribution in [0.25, 0.3) is 0 Å². The van der Waals surface area contributed by atoms with Crippen molar-refractivity contribution >= 4 is 38.9 Å². The SMILES string of the molecule is CC(OC(=O)CNS(=O)(=O)c1cccs1)C(=O)Nc1cc(F)ccc1F. The van der Waals surface area contributed by atoms with Crippen molar-refractivity contribution in [2.75, 3.05) is 11.9 Å². The first-order valence-corrected chi connectivity index (χ1v) is 9.54. The standard InChI is InChI=1S/C15H14F2N2O5S2/c1-9(15(21)19-12-7-10(16)4-5-11(12)17)24-13(20)8-18-26(22,23)14-3-2-6-25-14/h2-7,9,18H,8H2,1H3,(H,19,21). The first kappa shape index (κ1) is 19.9. The molecule has 0 saturated carbocycles. The van der Waals surface area contributed by atoms with Gasteiger partial charge in [-0.25, -0.2) is 17.2 Å². The van der Waals surface area contributed by atoms with Gasteiger partial charge in [-0.3, -0.25) is 9.59 Å². The Labute approximate surface area is 152 Å². The highest BCUT2D eigenvalue weighted by Gasteiger charge is 2.22. The van der Waals surface area contributed by atoms with Crippen LogP contribution in [0.4, 0.5) is 14.5 Å². The molecular formula is C15H14F2N2O5S2. The minimum atomic E-state index is -3.85. The van der Waals surface area contributed by atoms with Gasteiger partial charge in [0.05, 0.1) is 5.69 Å². The first-order chi connectivity index (χ1) is 12.2. The molecule has 11 heteroatoms. The summed E-state index contributed by atoms with van der Waals surface area (Å²) in [6.45, 7) is 0.518. The molecule has 1 atom stereocenters. The van der Waals surface area contributed by atoms with Gasteiger partial charge in [0.1, 0.15) is 22.4 Å². The highest BCUT2D eigenvalue weighted by molar-refractivity contribution is 7.91. The normalized spacial score (nSPS) is 12.4. The van der Waals surface area contributed by atoms with E-state index in [0.29, 0.717) is 0 Å². The third-order valence-electron chi connectivity index (χ3n) is 3.03. The zero-order chi connectivity index (χ0) is 19.3. The molecule has 2 N–H and O–H groups in total. The second-order valence-corrected chi connectivity index (χ2v) is 7.94. The third-order valence-corrected chi connectivity index (χ3v) is 5.83. The Hall–Kier alpha value is -2.37. The number of benzene rings is 1. The average molecular weight is 404 g/mol. The number of thiophene rings is 1. The Morgan fingerprint density at radius 3 is 2.65 bits per heavy atom. The van der Waals surface area contributed by atoms with Gasteiger partial charge in [-0.05, 0) is 30.5 Å². The Morgan fingerprint density at radius 2 is 2.00 bits per heavy atom. The number of halogens is 2. The van der Waals surface area contributed by atoms with Crippen molar-refractivity contribution in [2.45, 2.75) is 17.2 Å². The lowest BCUT2D eigenvalue weighted by Gasteiger charge is -2.14. The van der Waals surface area contributed by atoms with Gasteiger partial charge in [-0.2, -0.15) is 4.72 Å². The van der Waals surface area contributed by atoms with E-state index in [2.05, 4.69) is 5.32 Å². The zero-order valence-corrected chi connectivity index (χ0v) is 15.0. The third kappa shape index (κ3) is 5.31.